The van der Waals surface area contributed by atoms with Crippen LogP contribution in [0.5, 0.6) is 0 Å². The Morgan fingerprint density at radius 3 is 2.72 bits per heavy atom. The van der Waals surface area contributed by atoms with Crippen LogP contribution in [-0.2, 0) is 4.79 Å². The molecule has 8 nitrogen and oxygen atoms in total. The normalized spacial score (nSPS) is 10.7. The summed E-state index contributed by atoms with van der Waals surface area (Å²) in [5, 5.41) is 10.7. The minimum atomic E-state index is -0.509. The number of fused-ring (bicyclic) bond motifs is 1. The number of hydrogen-bond donors (Lipinski definition) is 2. The van der Waals surface area contributed by atoms with Crippen LogP contribution in [0.4, 0.5) is 11.4 Å². The number of amides is 1. The lowest BCUT2D eigenvalue weighted by atomic mass is 10.3. The predicted molar refractivity (Wildman–Crippen MR) is 93.4 cm³/mol. The number of rotatable bonds is 5. The highest BCUT2D eigenvalue weighted by Crippen LogP contribution is 2.16. The van der Waals surface area contributed by atoms with Crippen LogP contribution < -0.4 is 10.9 Å². The van der Waals surface area contributed by atoms with E-state index in [-0.39, 0.29) is 5.69 Å². The number of carbonyl (C=O) groups is 1. The third-order valence-electron chi connectivity index (χ3n) is 3.26. The van der Waals surface area contributed by atoms with Gasteiger partial charge in [0, 0.05) is 18.2 Å². The molecule has 0 aliphatic rings. The third-order valence-corrected chi connectivity index (χ3v) is 3.26. The van der Waals surface area contributed by atoms with Crippen LogP contribution in [0.2, 0.25) is 0 Å². The van der Waals surface area contributed by atoms with Gasteiger partial charge in [0.1, 0.15) is 0 Å². The smallest absolute Gasteiger partial charge is 0.271 e. The summed E-state index contributed by atoms with van der Waals surface area (Å²) in [7, 11) is 0. The van der Waals surface area contributed by atoms with Gasteiger partial charge in [-0.15, -0.1) is 0 Å². The molecule has 124 valence electrons. The number of nitrogens with one attached hydrogen (secondary N) is 2. The number of nitro groups is 1. The quantitative estimate of drug-likeness (QED) is 0.421. The van der Waals surface area contributed by atoms with Crippen LogP contribution in [0.3, 0.4) is 0 Å². The molecule has 1 amide bonds. The van der Waals surface area contributed by atoms with E-state index in [2.05, 4.69) is 20.8 Å². The van der Waals surface area contributed by atoms with Crippen molar-refractivity contribution in [3.05, 3.63) is 76.6 Å². The Kier molecular flexibility index (Phi) is 4.61. The van der Waals surface area contributed by atoms with Gasteiger partial charge in [0.15, 0.2) is 0 Å². The Morgan fingerprint density at radius 2 is 1.92 bits per heavy atom. The minimum absolute atomic E-state index is 0.0683. The Labute approximate surface area is 142 Å². The number of benzene rings is 2. The summed E-state index contributed by atoms with van der Waals surface area (Å²) >= 11 is 0. The van der Waals surface area contributed by atoms with E-state index >= 15 is 0 Å². The van der Waals surface area contributed by atoms with Gasteiger partial charge in [-0.3, -0.25) is 30.7 Å². The van der Waals surface area contributed by atoms with E-state index in [9.17, 15) is 14.9 Å². The predicted octanol–water partition coefficient (Wildman–Crippen LogP) is 2.69. The van der Waals surface area contributed by atoms with Crippen LogP contribution in [0, 0.1) is 10.1 Å². The van der Waals surface area contributed by atoms with E-state index in [0.29, 0.717) is 11.4 Å². The molecule has 0 radical (unpaired) electrons. The Morgan fingerprint density at radius 1 is 1.12 bits per heavy atom. The average Bonchev–Trinajstić information content (AvgIpc) is 2.64. The van der Waals surface area contributed by atoms with E-state index in [1.54, 1.807) is 12.3 Å². The fourth-order valence-corrected chi connectivity index (χ4v) is 2.09. The van der Waals surface area contributed by atoms with Gasteiger partial charge >= 0.3 is 0 Å². The molecular formula is C17H13N5O3. The maximum Gasteiger partial charge on any atom is 0.271 e. The minimum Gasteiger partial charge on any atom is -0.298 e. The first-order chi connectivity index (χ1) is 12.1. The highest BCUT2D eigenvalue weighted by molar-refractivity contribution is 5.92. The zero-order chi connectivity index (χ0) is 17.6. The van der Waals surface area contributed by atoms with Crippen molar-refractivity contribution < 1.29 is 9.72 Å². The molecule has 0 fully saturated rings. The summed E-state index contributed by atoms with van der Waals surface area (Å²) in [6, 6.07) is 13.2. The van der Waals surface area contributed by atoms with Crippen molar-refractivity contribution in [1.82, 2.24) is 15.4 Å². The van der Waals surface area contributed by atoms with Gasteiger partial charge in [-0.1, -0.05) is 18.2 Å². The number of aromatic nitrogens is 2. The molecule has 0 unspecified atom stereocenters. The van der Waals surface area contributed by atoms with Gasteiger partial charge in [0.05, 0.1) is 33.5 Å². The number of hydrogen-bond acceptors (Lipinski definition) is 6. The molecule has 2 N–H and O–H groups in total. The molecule has 8 heteroatoms. The highest BCUT2D eigenvalue weighted by atomic mass is 16.6. The molecule has 0 spiro atoms. The summed E-state index contributed by atoms with van der Waals surface area (Å²) in [5.41, 5.74) is 7.43. The lowest BCUT2D eigenvalue weighted by molar-refractivity contribution is -0.384. The molecule has 1 heterocycles. The monoisotopic (exact) mass is 335 g/mol. The van der Waals surface area contributed by atoms with Gasteiger partial charge in [-0.05, 0) is 24.3 Å². The largest absolute Gasteiger partial charge is 0.298 e. The van der Waals surface area contributed by atoms with Gasteiger partial charge in [0.25, 0.3) is 11.6 Å². The first kappa shape index (κ1) is 16.1. The fraction of sp³-hybridized carbons (Fsp3) is 0. The number of non-ortho nitro benzene ring substituents is 1. The van der Waals surface area contributed by atoms with E-state index in [1.807, 2.05) is 24.3 Å². The molecule has 2 aromatic carbocycles. The lowest BCUT2D eigenvalue weighted by Gasteiger charge is -2.05. The van der Waals surface area contributed by atoms with Crippen LogP contribution >= 0.6 is 0 Å². The molecule has 3 aromatic rings. The topological polar surface area (TPSA) is 110 Å². The molecule has 0 atom stereocenters. The Hall–Kier alpha value is -3.81. The van der Waals surface area contributed by atoms with E-state index < -0.39 is 10.8 Å². The van der Waals surface area contributed by atoms with Crippen molar-refractivity contribution in [3.63, 3.8) is 0 Å². The second-order valence-corrected chi connectivity index (χ2v) is 5.04. The van der Waals surface area contributed by atoms with Crippen molar-refractivity contribution in [2.24, 2.45) is 0 Å². The molecule has 0 saturated carbocycles. The van der Waals surface area contributed by atoms with E-state index in [1.165, 1.54) is 30.4 Å². The van der Waals surface area contributed by atoms with Crippen molar-refractivity contribution in [1.29, 1.82) is 0 Å². The molecular weight excluding hydrogens is 322 g/mol. The number of carbonyl (C=O) groups excluding carboxylic acids is 1. The van der Waals surface area contributed by atoms with Crippen LogP contribution in [0.1, 0.15) is 5.69 Å². The van der Waals surface area contributed by atoms with Crippen LogP contribution in [0.25, 0.3) is 17.1 Å². The molecule has 25 heavy (non-hydrogen) atoms. The van der Waals surface area contributed by atoms with Crippen molar-refractivity contribution in [2.75, 3.05) is 5.43 Å². The SMILES string of the molecule is O=C(C=Cc1cnc2ccccc2n1)NNc1cccc([N+](=O)[O-])c1. The zero-order valence-corrected chi connectivity index (χ0v) is 12.9. The van der Waals surface area contributed by atoms with Crippen LogP contribution in [-0.4, -0.2) is 20.8 Å². The summed E-state index contributed by atoms with van der Waals surface area (Å²) in [4.78, 5) is 30.7. The first-order valence-corrected chi connectivity index (χ1v) is 7.32. The second kappa shape index (κ2) is 7.18. The zero-order valence-electron chi connectivity index (χ0n) is 12.9. The number of nitrogens with zero attached hydrogens (tertiary/aromatic N) is 3. The Balaban J connectivity index is 1.62. The standard InChI is InChI=1S/C17H13N5O3/c23-17(21-20-12-4-3-5-14(10-12)22(24)25)9-8-13-11-18-15-6-1-2-7-16(15)19-13/h1-11,20H,(H,21,23). The number of nitro benzene ring substituents is 1. The summed E-state index contributed by atoms with van der Waals surface area (Å²) < 4.78 is 0. The first-order valence-electron chi connectivity index (χ1n) is 7.32. The average molecular weight is 335 g/mol. The van der Waals surface area contributed by atoms with Crippen molar-refractivity contribution >= 4 is 34.4 Å². The molecule has 0 aliphatic heterocycles. The van der Waals surface area contributed by atoms with E-state index in [0.717, 1.165) is 11.0 Å². The molecule has 0 aliphatic carbocycles. The number of para-hydroxylation sites is 2. The summed E-state index contributed by atoms with van der Waals surface area (Å²) in [6.07, 6.45) is 4.40. The highest BCUT2D eigenvalue weighted by Gasteiger charge is 2.05. The number of anilines is 1. The molecule has 3 rings (SSSR count). The molecule has 0 bridgehead atoms. The summed E-state index contributed by atoms with van der Waals surface area (Å²) in [5.74, 6) is -0.429. The van der Waals surface area contributed by atoms with E-state index in [4.69, 9.17) is 0 Å². The molecule has 1 aromatic heterocycles. The fourth-order valence-electron chi connectivity index (χ4n) is 2.09. The van der Waals surface area contributed by atoms with Gasteiger partial charge in [0.2, 0.25) is 0 Å². The van der Waals surface area contributed by atoms with Gasteiger partial charge in [-0.25, -0.2) is 4.98 Å². The Bertz CT molecular complexity index is 971. The lowest BCUT2D eigenvalue weighted by Crippen LogP contribution is -2.27. The van der Waals surface area contributed by atoms with Crippen molar-refractivity contribution in [2.45, 2.75) is 0 Å². The van der Waals surface area contributed by atoms with Gasteiger partial charge in [-0.2, -0.15) is 0 Å². The molecule has 0 saturated heterocycles. The number of hydrazine groups is 1. The summed E-state index contributed by atoms with van der Waals surface area (Å²) in [6.45, 7) is 0. The second-order valence-electron chi connectivity index (χ2n) is 5.04. The third kappa shape index (κ3) is 4.14. The van der Waals surface area contributed by atoms with Crippen molar-refractivity contribution in [3.8, 4) is 0 Å². The van der Waals surface area contributed by atoms with Crippen LogP contribution in [0.15, 0.2) is 60.8 Å². The maximum absolute atomic E-state index is 11.8. The van der Waals surface area contributed by atoms with Gasteiger partial charge < -0.3 is 0 Å². The maximum atomic E-state index is 11.8.